The van der Waals surface area contributed by atoms with E-state index in [1.807, 2.05) is 0 Å². The highest BCUT2D eigenvalue weighted by atomic mass is 16.6. The Bertz CT molecular complexity index is 490. The molecule has 1 unspecified atom stereocenters. The van der Waals surface area contributed by atoms with Crippen molar-refractivity contribution in [2.24, 2.45) is 5.84 Å². The summed E-state index contributed by atoms with van der Waals surface area (Å²) in [4.78, 5) is 14.5. The van der Waals surface area contributed by atoms with E-state index in [1.165, 1.54) is 12.1 Å². The summed E-state index contributed by atoms with van der Waals surface area (Å²) in [6, 6.07) is 2.78. The molecule has 2 rings (SSSR count). The molecule has 2 heterocycles. The monoisotopic (exact) mass is 283 g/mol. The Balaban J connectivity index is 2.16. The van der Waals surface area contributed by atoms with Gasteiger partial charge in [0.05, 0.1) is 11.5 Å². The van der Waals surface area contributed by atoms with Crippen LogP contribution in [-0.2, 0) is 9.47 Å². The molecule has 0 radical (unpaired) electrons. The number of nitrogens with one attached hydrogen (secondary N) is 2. The summed E-state index contributed by atoms with van der Waals surface area (Å²) in [6.45, 7) is 1.42. The molecule has 0 aromatic carbocycles. The van der Waals surface area contributed by atoms with Crippen LogP contribution in [0.5, 0.6) is 0 Å². The van der Waals surface area contributed by atoms with Gasteiger partial charge >= 0.3 is 5.69 Å². The number of nitrogens with two attached hydrogens (primary N) is 1. The zero-order chi connectivity index (χ0) is 14.6. The van der Waals surface area contributed by atoms with Gasteiger partial charge < -0.3 is 20.2 Å². The third-order valence-corrected chi connectivity index (χ3v) is 3.30. The van der Waals surface area contributed by atoms with Crippen molar-refractivity contribution < 1.29 is 14.4 Å². The summed E-state index contributed by atoms with van der Waals surface area (Å²) in [5.41, 5.74) is 1.75. The van der Waals surface area contributed by atoms with Gasteiger partial charge in [0, 0.05) is 32.7 Å². The first-order chi connectivity index (χ1) is 9.60. The first-order valence-electron chi connectivity index (χ1n) is 6.09. The molecule has 1 aliphatic heterocycles. The minimum Gasteiger partial charge on any atom is -0.378 e. The van der Waals surface area contributed by atoms with Crippen LogP contribution in [0.15, 0.2) is 12.1 Å². The largest absolute Gasteiger partial charge is 0.378 e. The average molecular weight is 283 g/mol. The fraction of sp³-hybridized carbons (Fsp3) is 0.545. The molecule has 1 aromatic heterocycles. The third-order valence-electron chi connectivity index (χ3n) is 3.30. The van der Waals surface area contributed by atoms with E-state index in [1.54, 1.807) is 7.11 Å². The molecule has 0 aliphatic carbocycles. The zero-order valence-electron chi connectivity index (χ0n) is 11.1. The van der Waals surface area contributed by atoms with Crippen molar-refractivity contribution in [1.29, 1.82) is 0 Å². The molecular weight excluding hydrogens is 266 g/mol. The summed E-state index contributed by atoms with van der Waals surface area (Å²) < 4.78 is 10.8. The second-order valence-corrected chi connectivity index (χ2v) is 4.51. The number of hydrazine groups is 1. The fourth-order valence-electron chi connectivity index (χ4n) is 2.02. The van der Waals surface area contributed by atoms with Crippen LogP contribution in [0.4, 0.5) is 17.3 Å². The Hall–Kier alpha value is -1.97. The first kappa shape index (κ1) is 14.4. The maximum absolute atomic E-state index is 11.0. The van der Waals surface area contributed by atoms with Crippen LogP contribution >= 0.6 is 0 Å². The van der Waals surface area contributed by atoms with Gasteiger partial charge in [0.2, 0.25) is 5.82 Å². The van der Waals surface area contributed by atoms with Crippen molar-refractivity contribution in [1.82, 2.24) is 4.98 Å². The highest BCUT2D eigenvalue weighted by Gasteiger charge is 2.35. The van der Waals surface area contributed by atoms with Crippen LogP contribution in [-0.4, -0.2) is 42.4 Å². The quantitative estimate of drug-likeness (QED) is 0.391. The van der Waals surface area contributed by atoms with Crippen LogP contribution in [0.3, 0.4) is 0 Å². The maximum Gasteiger partial charge on any atom is 0.311 e. The number of anilines is 2. The third kappa shape index (κ3) is 2.95. The van der Waals surface area contributed by atoms with E-state index in [4.69, 9.17) is 15.3 Å². The van der Waals surface area contributed by atoms with Crippen molar-refractivity contribution in [2.75, 3.05) is 37.6 Å². The lowest BCUT2D eigenvalue weighted by atomic mass is 10.0. The molecule has 0 spiro atoms. The van der Waals surface area contributed by atoms with Gasteiger partial charge in [0.25, 0.3) is 0 Å². The molecule has 4 N–H and O–H groups in total. The van der Waals surface area contributed by atoms with Crippen molar-refractivity contribution in [3.05, 3.63) is 22.2 Å². The minimum absolute atomic E-state index is 0.117. The molecule has 0 bridgehead atoms. The van der Waals surface area contributed by atoms with Gasteiger partial charge in [-0.15, -0.1) is 0 Å². The Labute approximate surface area is 115 Å². The zero-order valence-corrected chi connectivity index (χ0v) is 11.1. The molecule has 1 saturated heterocycles. The molecule has 1 aromatic rings. The molecule has 1 atom stereocenters. The highest BCUT2D eigenvalue weighted by molar-refractivity contribution is 5.60. The van der Waals surface area contributed by atoms with Crippen LogP contribution < -0.4 is 16.6 Å². The second-order valence-electron chi connectivity index (χ2n) is 4.51. The van der Waals surface area contributed by atoms with Crippen molar-refractivity contribution in [2.45, 2.75) is 12.0 Å². The van der Waals surface area contributed by atoms with Gasteiger partial charge in [-0.1, -0.05) is 0 Å². The van der Waals surface area contributed by atoms with Crippen LogP contribution in [0.2, 0.25) is 0 Å². The molecular formula is C11H17N5O4. The molecule has 0 saturated carbocycles. The van der Waals surface area contributed by atoms with E-state index in [-0.39, 0.29) is 11.5 Å². The Kier molecular flexibility index (Phi) is 4.32. The molecule has 1 fully saturated rings. The van der Waals surface area contributed by atoms with E-state index in [0.717, 1.165) is 6.42 Å². The summed E-state index contributed by atoms with van der Waals surface area (Å²) in [5.74, 6) is 5.75. The Morgan fingerprint density at radius 2 is 2.45 bits per heavy atom. The van der Waals surface area contributed by atoms with Crippen molar-refractivity contribution in [3.8, 4) is 0 Å². The Morgan fingerprint density at radius 1 is 1.65 bits per heavy atom. The van der Waals surface area contributed by atoms with E-state index in [2.05, 4.69) is 15.7 Å². The normalized spacial score (nSPS) is 21.7. The van der Waals surface area contributed by atoms with Crippen LogP contribution in [0, 0.1) is 10.1 Å². The number of methoxy groups -OCH3 is 1. The second kappa shape index (κ2) is 5.99. The van der Waals surface area contributed by atoms with Crippen molar-refractivity contribution >= 4 is 17.3 Å². The number of hydrogen-bond acceptors (Lipinski definition) is 8. The van der Waals surface area contributed by atoms with Gasteiger partial charge in [0.1, 0.15) is 11.4 Å². The van der Waals surface area contributed by atoms with Crippen LogP contribution in [0.25, 0.3) is 0 Å². The van der Waals surface area contributed by atoms with Gasteiger partial charge in [0.15, 0.2) is 0 Å². The smallest absolute Gasteiger partial charge is 0.311 e. The first-order valence-corrected chi connectivity index (χ1v) is 6.09. The number of nitrogens with zero attached hydrogens (tertiary/aromatic N) is 2. The number of pyridine rings is 1. The van der Waals surface area contributed by atoms with Gasteiger partial charge in [-0.3, -0.25) is 10.1 Å². The number of ether oxygens (including phenoxy) is 2. The molecule has 9 heteroatoms. The summed E-state index contributed by atoms with van der Waals surface area (Å²) in [7, 11) is 1.59. The Morgan fingerprint density at radius 3 is 3.00 bits per heavy atom. The van der Waals surface area contributed by atoms with E-state index >= 15 is 0 Å². The van der Waals surface area contributed by atoms with Gasteiger partial charge in [-0.25, -0.2) is 10.8 Å². The summed E-state index contributed by atoms with van der Waals surface area (Å²) >= 11 is 0. The maximum atomic E-state index is 11.0. The minimum atomic E-state index is -0.500. The molecule has 20 heavy (non-hydrogen) atoms. The predicted octanol–water partition coefficient (Wildman–Crippen LogP) is 0.493. The number of nitro groups is 1. The van der Waals surface area contributed by atoms with Gasteiger partial charge in [-0.05, 0) is 6.07 Å². The highest BCUT2D eigenvalue weighted by Crippen LogP contribution is 2.27. The average Bonchev–Trinajstić information content (AvgIpc) is 2.94. The molecule has 1 aliphatic rings. The molecule has 9 nitrogen and oxygen atoms in total. The van der Waals surface area contributed by atoms with E-state index in [9.17, 15) is 10.1 Å². The predicted molar refractivity (Wildman–Crippen MR) is 72.4 cm³/mol. The molecule has 0 amide bonds. The lowest BCUT2D eigenvalue weighted by Gasteiger charge is -2.26. The van der Waals surface area contributed by atoms with Crippen LogP contribution in [0.1, 0.15) is 6.42 Å². The fourth-order valence-corrected chi connectivity index (χ4v) is 2.02. The molecule has 110 valence electrons. The lowest BCUT2D eigenvalue weighted by Crippen LogP contribution is -2.39. The van der Waals surface area contributed by atoms with Crippen molar-refractivity contribution in [3.63, 3.8) is 0 Å². The standard InChI is InChI=1S/C11H17N5O4/c1-19-11(4-5-20-7-11)6-13-10-8(16(17)18)2-3-9(14-10)15-12/h2-3H,4-7,12H2,1H3,(H2,13,14,15). The van der Waals surface area contributed by atoms with Gasteiger partial charge in [-0.2, -0.15) is 0 Å². The SMILES string of the molecule is COC1(CNc2nc(NN)ccc2[N+](=O)[O-])CCOC1. The number of aromatic nitrogens is 1. The van der Waals surface area contributed by atoms with E-state index in [0.29, 0.717) is 25.6 Å². The summed E-state index contributed by atoms with van der Waals surface area (Å²) in [5, 5.41) is 13.9. The number of rotatable bonds is 6. The topological polar surface area (TPSA) is 125 Å². The number of nitrogen functional groups attached to an aromatic ring is 1. The van der Waals surface area contributed by atoms with E-state index < -0.39 is 10.5 Å². The summed E-state index contributed by atoms with van der Waals surface area (Å²) in [6.07, 6.45) is 0.721. The lowest BCUT2D eigenvalue weighted by molar-refractivity contribution is -0.384. The number of hydrogen-bond donors (Lipinski definition) is 3.